The minimum Gasteiger partial charge on any atom is -0.495 e. The van der Waals surface area contributed by atoms with Gasteiger partial charge in [0.25, 0.3) is 11.8 Å². The first kappa shape index (κ1) is 33.0. The van der Waals surface area contributed by atoms with E-state index in [1.54, 1.807) is 72.8 Å². The van der Waals surface area contributed by atoms with E-state index in [-0.39, 0.29) is 11.6 Å². The van der Waals surface area contributed by atoms with Gasteiger partial charge in [0.1, 0.15) is 22.5 Å². The number of hydrogen-bond acceptors (Lipinski definition) is 5. The Balaban J connectivity index is 1.33. The van der Waals surface area contributed by atoms with E-state index in [9.17, 15) is 18.8 Å². The van der Waals surface area contributed by atoms with E-state index in [1.165, 1.54) is 49.2 Å². The van der Waals surface area contributed by atoms with Gasteiger partial charge in [0.05, 0.1) is 12.8 Å². The van der Waals surface area contributed by atoms with Crippen molar-refractivity contribution < 1.29 is 23.5 Å². The predicted molar refractivity (Wildman–Crippen MR) is 185 cm³/mol. The number of nitrogens with one attached hydrogen (secondary N) is 3. The zero-order valence-electron chi connectivity index (χ0n) is 25.1. The van der Waals surface area contributed by atoms with E-state index in [1.807, 2.05) is 30.3 Å². The molecule has 0 bridgehead atoms. The Kier molecular flexibility index (Phi) is 11.1. The number of anilines is 2. The highest BCUT2D eigenvalue weighted by Crippen LogP contribution is 2.38. The number of carbonyl (C=O) groups is 3. The summed E-state index contributed by atoms with van der Waals surface area (Å²) in [4.78, 5) is 40.7. The lowest BCUT2D eigenvalue weighted by Crippen LogP contribution is -2.30. The Morgan fingerprint density at radius 3 is 2.13 bits per heavy atom. The lowest BCUT2D eigenvalue weighted by Gasteiger charge is -2.18. The molecule has 1 atom stereocenters. The van der Waals surface area contributed by atoms with Crippen LogP contribution in [0.2, 0.25) is 5.02 Å². The highest BCUT2D eigenvalue weighted by Gasteiger charge is 2.24. The molecule has 3 N–H and O–H groups in total. The average Bonchev–Trinajstić information content (AvgIpc) is 3.09. The van der Waals surface area contributed by atoms with Crippen LogP contribution in [0.5, 0.6) is 5.75 Å². The van der Waals surface area contributed by atoms with Crippen molar-refractivity contribution in [2.45, 2.75) is 10.1 Å². The predicted octanol–water partition coefficient (Wildman–Crippen LogP) is 8.37. The average molecular weight is 666 g/mol. The standard InChI is InChI=1S/C37H29ClFN3O4S/c1-46-33-21-14-27(38)23-31(33)41-37(45)34(25-8-4-2-5-9-25)47-30-19-17-29(18-20-30)40-36(44)32(22-24-12-15-28(39)16-13-24)42-35(43)26-10-6-3-7-11-26/h2-23,34H,1H3,(H,40,44)(H,41,45)(H,42,43)/b32-22-. The van der Waals surface area contributed by atoms with Gasteiger partial charge in [-0.2, -0.15) is 0 Å². The van der Waals surface area contributed by atoms with Crippen LogP contribution in [0, 0.1) is 5.82 Å². The number of halogens is 2. The van der Waals surface area contributed by atoms with Crippen molar-refractivity contribution in [2.24, 2.45) is 0 Å². The number of rotatable bonds is 11. The van der Waals surface area contributed by atoms with E-state index in [0.29, 0.717) is 33.3 Å². The smallest absolute Gasteiger partial charge is 0.272 e. The summed E-state index contributed by atoms with van der Waals surface area (Å²) in [5, 5.41) is 8.24. The van der Waals surface area contributed by atoms with Crippen molar-refractivity contribution in [3.05, 3.63) is 161 Å². The molecule has 0 saturated heterocycles. The molecule has 5 rings (SSSR count). The van der Waals surface area contributed by atoms with Crippen LogP contribution in [0.15, 0.2) is 138 Å². The first-order valence-corrected chi connectivity index (χ1v) is 15.7. The Morgan fingerprint density at radius 1 is 0.809 bits per heavy atom. The first-order valence-electron chi connectivity index (χ1n) is 14.4. The van der Waals surface area contributed by atoms with Gasteiger partial charge >= 0.3 is 0 Å². The molecule has 7 nitrogen and oxygen atoms in total. The fourth-order valence-corrected chi connectivity index (χ4v) is 5.69. The molecular weight excluding hydrogens is 637 g/mol. The molecule has 3 amide bonds. The molecule has 0 saturated carbocycles. The van der Waals surface area contributed by atoms with Crippen molar-refractivity contribution in [1.29, 1.82) is 0 Å². The molecule has 0 aliphatic carbocycles. The largest absolute Gasteiger partial charge is 0.495 e. The normalized spacial score (nSPS) is 11.7. The lowest BCUT2D eigenvalue weighted by atomic mass is 10.1. The van der Waals surface area contributed by atoms with E-state index in [4.69, 9.17) is 16.3 Å². The maximum absolute atomic E-state index is 13.6. The minimum absolute atomic E-state index is 0.0267. The second-order valence-electron chi connectivity index (χ2n) is 10.2. The Morgan fingerprint density at radius 2 is 1.47 bits per heavy atom. The third kappa shape index (κ3) is 9.09. The van der Waals surface area contributed by atoms with Crippen molar-refractivity contribution in [3.63, 3.8) is 0 Å². The van der Waals surface area contributed by atoms with Crippen LogP contribution < -0.4 is 20.7 Å². The summed E-state index contributed by atoms with van der Waals surface area (Å²) in [5.41, 5.74) is 2.57. The molecule has 236 valence electrons. The molecule has 5 aromatic rings. The quantitative estimate of drug-likeness (QED) is 0.0973. The van der Waals surface area contributed by atoms with Crippen molar-refractivity contribution >= 4 is 58.5 Å². The summed E-state index contributed by atoms with van der Waals surface area (Å²) in [6.07, 6.45) is 1.47. The zero-order chi connectivity index (χ0) is 33.2. The number of benzene rings is 5. The number of ether oxygens (including phenoxy) is 1. The second kappa shape index (κ2) is 15.8. The number of carbonyl (C=O) groups excluding carboxylic acids is 3. The zero-order valence-corrected chi connectivity index (χ0v) is 26.6. The molecule has 5 aromatic carbocycles. The van der Waals surface area contributed by atoms with E-state index >= 15 is 0 Å². The van der Waals surface area contributed by atoms with E-state index in [0.717, 1.165) is 10.5 Å². The summed E-state index contributed by atoms with van der Waals surface area (Å²) < 4.78 is 18.9. The first-order chi connectivity index (χ1) is 22.8. The van der Waals surface area contributed by atoms with Gasteiger partial charge in [0, 0.05) is 21.2 Å². The Hall–Kier alpha value is -5.38. The molecule has 0 fully saturated rings. The van der Waals surface area contributed by atoms with Gasteiger partial charge in [-0.25, -0.2) is 4.39 Å². The number of thioether (sulfide) groups is 1. The molecule has 0 heterocycles. The second-order valence-corrected chi connectivity index (χ2v) is 11.8. The Labute approximate surface area is 280 Å². The van der Waals surface area contributed by atoms with Gasteiger partial charge in [-0.15, -0.1) is 11.8 Å². The van der Waals surface area contributed by atoms with Crippen molar-refractivity contribution in [1.82, 2.24) is 5.32 Å². The van der Waals surface area contributed by atoms with Gasteiger partial charge < -0.3 is 20.7 Å². The molecule has 0 aliphatic heterocycles. The number of hydrogen-bond donors (Lipinski definition) is 3. The van der Waals surface area contributed by atoms with Crippen LogP contribution in [0.25, 0.3) is 6.08 Å². The van der Waals surface area contributed by atoms with Crippen molar-refractivity contribution in [2.75, 3.05) is 17.7 Å². The van der Waals surface area contributed by atoms with Crippen LogP contribution >= 0.6 is 23.4 Å². The summed E-state index contributed by atoms with van der Waals surface area (Å²) in [6, 6.07) is 35.4. The van der Waals surface area contributed by atoms with Crippen LogP contribution in [-0.4, -0.2) is 24.8 Å². The minimum atomic E-state index is -0.626. The van der Waals surface area contributed by atoms with E-state index < -0.39 is 22.9 Å². The molecule has 0 radical (unpaired) electrons. The third-order valence-electron chi connectivity index (χ3n) is 6.84. The summed E-state index contributed by atoms with van der Waals surface area (Å²) in [7, 11) is 1.52. The molecule has 1 unspecified atom stereocenters. The highest BCUT2D eigenvalue weighted by molar-refractivity contribution is 8.00. The molecule has 0 aliphatic rings. The molecule has 47 heavy (non-hydrogen) atoms. The molecular formula is C37H29ClFN3O4S. The van der Waals surface area contributed by atoms with E-state index in [2.05, 4.69) is 16.0 Å². The van der Waals surface area contributed by atoms with Crippen LogP contribution in [0.3, 0.4) is 0 Å². The summed E-state index contributed by atoms with van der Waals surface area (Å²) in [5.74, 6) is -1.26. The number of methoxy groups -OCH3 is 1. The SMILES string of the molecule is COc1ccc(Cl)cc1NC(=O)C(Sc1ccc(NC(=O)/C(=C/c2ccc(F)cc2)NC(=O)c2ccccc2)cc1)c1ccccc1. The fourth-order valence-electron chi connectivity index (χ4n) is 4.50. The summed E-state index contributed by atoms with van der Waals surface area (Å²) >= 11 is 7.51. The molecule has 0 aromatic heterocycles. The molecule has 0 spiro atoms. The fraction of sp³-hybridized carbons (Fsp3) is 0.0541. The van der Waals surface area contributed by atoms with Gasteiger partial charge in [-0.3, -0.25) is 14.4 Å². The van der Waals surface area contributed by atoms with Crippen LogP contribution in [0.4, 0.5) is 15.8 Å². The van der Waals surface area contributed by atoms with Crippen LogP contribution in [0.1, 0.15) is 26.7 Å². The maximum Gasteiger partial charge on any atom is 0.272 e. The van der Waals surface area contributed by atoms with Gasteiger partial charge in [0.2, 0.25) is 5.91 Å². The maximum atomic E-state index is 13.6. The summed E-state index contributed by atoms with van der Waals surface area (Å²) in [6.45, 7) is 0. The monoisotopic (exact) mass is 665 g/mol. The van der Waals surface area contributed by atoms with Crippen LogP contribution in [-0.2, 0) is 9.59 Å². The van der Waals surface area contributed by atoms with Gasteiger partial charge in [-0.05, 0) is 83.9 Å². The van der Waals surface area contributed by atoms with Gasteiger partial charge in [-0.1, -0.05) is 72.3 Å². The lowest BCUT2D eigenvalue weighted by molar-refractivity contribution is -0.116. The van der Waals surface area contributed by atoms with Gasteiger partial charge in [0.15, 0.2) is 0 Å². The highest BCUT2D eigenvalue weighted by atomic mass is 35.5. The topological polar surface area (TPSA) is 96.5 Å². The molecule has 10 heteroatoms. The third-order valence-corrected chi connectivity index (χ3v) is 8.34. The Bertz CT molecular complexity index is 1890. The van der Waals surface area contributed by atoms with Crippen molar-refractivity contribution in [3.8, 4) is 5.75 Å². The number of amides is 3.